The van der Waals surface area contributed by atoms with Gasteiger partial charge in [-0.05, 0) is 55.5 Å². The zero-order valence-electron chi connectivity index (χ0n) is 19.9. The van der Waals surface area contributed by atoms with Crippen LogP contribution in [0.1, 0.15) is 76.0 Å². The number of primary amides is 1. The molecule has 0 saturated carbocycles. The van der Waals surface area contributed by atoms with Crippen LogP contribution in [-0.2, 0) is 19.6 Å². The number of aryl methyl sites for hydroxylation is 1. The van der Waals surface area contributed by atoms with Crippen molar-refractivity contribution < 1.29 is 14.3 Å². The number of piperidine rings is 1. The molecule has 3 heterocycles. The summed E-state index contributed by atoms with van der Waals surface area (Å²) in [4.78, 5) is 27.0. The van der Waals surface area contributed by atoms with Gasteiger partial charge in [-0.2, -0.15) is 0 Å². The molecule has 2 aromatic carbocycles. The van der Waals surface area contributed by atoms with Crippen molar-refractivity contribution in [3.8, 4) is 5.75 Å². The molecule has 0 radical (unpaired) electrons. The molecule has 8 heteroatoms. The number of amides is 2. The zero-order chi connectivity index (χ0) is 24.2. The molecule has 8 nitrogen and oxygen atoms in total. The Hall–Kier alpha value is -3.68. The first-order valence-electron chi connectivity index (χ1n) is 12.4. The summed E-state index contributed by atoms with van der Waals surface area (Å²) in [5.41, 5.74) is 7.27. The highest BCUT2D eigenvalue weighted by Crippen LogP contribution is 2.29. The lowest BCUT2D eigenvalue weighted by Gasteiger charge is -2.32. The molecule has 0 aliphatic carbocycles. The molecule has 0 spiro atoms. The maximum absolute atomic E-state index is 13.4. The summed E-state index contributed by atoms with van der Waals surface area (Å²) >= 11 is 0. The van der Waals surface area contributed by atoms with Gasteiger partial charge in [-0.1, -0.05) is 30.7 Å². The molecule has 2 N–H and O–H groups in total. The van der Waals surface area contributed by atoms with Gasteiger partial charge in [0.05, 0.1) is 5.56 Å². The fourth-order valence-electron chi connectivity index (χ4n) is 5.12. The van der Waals surface area contributed by atoms with E-state index in [1.165, 1.54) is 12.8 Å². The van der Waals surface area contributed by atoms with E-state index in [1.54, 1.807) is 24.3 Å². The Labute approximate surface area is 205 Å². The first-order valence-corrected chi connectivity index (χ1v) is 12.4. The lowest BCUT2D eigenvalue weighted by Crippen LogP contribution is -2.39. The highest BCUT2D eigenvalue weighted by Gasteiger charge is 2.30. The predicted octanol–water partition coefficient (Wildman–Crippen LogP) is 3.70. The predicted molar refractivity (Wildman–Crippen MR) is 131 cm³/mol. The van der Waals surface area contributed by atoms with Crippen molar-refractivity contribution >= 4 is 11.8 Å². The van der Waals surface area contributed by atoms with Crippen molar-refractivity contribution in [1.29, 1.82) is 0 Å². The summed E-state index contributed by atoms with van der Waals surface area (Å²) in [7, 11) is 0. The lowest BCUT2D eigenvalue weighted by atomic mass is 9.96. The number of ether oxygens (including phenoxy) is 1. The summed E-state index contributed by atoms with van der Waals surface area (Å²) in [6.07, 6.45) is 6.52. The van der Waals surface area contributed by atoms with Gasteiger partial charge in [-0.15, -0.1) is 10.2 Å². The van der Waals surface area contributed by atoms with Crippen LogP contribution in [0.15, 0.2) is 48.5 Å². The minimum Gasteiger partial charge on any atom is -0.488 e. The van der Waals surface area contributed by atoms with Crippen LogP contribution in [0.3, 0.4) is 0 Å². The van der Waals surface area contributed by atoms with E-state index in [4.69, 9.17) is 10.5 Å². The number of hydrogen-bond donors (Lipinski definition) is 1. The van der Waals surface area contributed by atoms with E-state index < -0.39 is 5.91 Å². The summed E-state index contributed by atoms with van der Waals surface area (Å²) in [6, 6.07) is 14.4. The molecule has 1 aromatic heterocycles. The molecule has 1 atom stereocenters. The molecule has 1 unspecified atom stereocenters. The molecule has 3 aromatic rings. The van der Waals surface area contributed by atoms with Crippen molar-refractivity contribution in [3.05, 3.63) is 76.9 Å². The van der Waals surface area contributed by atoms with Crippen LogP contribution in [0.4, 0.5) is 0 Å². The van der Waals surface area contributed by atoms with Gasteiger partial charge in [0.2, 0.25) is 0 Å². The number of nitrogens with zero attached hydrogens (tertiary/aromatic N) is 4. The average molecular weight is 474 g/mol. The molecule has 1 fully saturated rings. The van der Waals surface area contributed by atoms with Crippen LogP contribution in [0.5, 0.6) is 5.75 Å². The van der Waals surface area contributed by atoms with Crippen molar-refractivity contribution in [3.63, 3.8) is 0 Å². The van der Waals surface area contributed by atoms with E-state index >= 15 is 0 Å². The van der Waals surface area contributed by atoms with Crippen molar-refractivity contribution in [1.82, 2.24) is 19.7 Å². The first-order chi connectivity index (χ1) is 17.1. The van der Waals surface area contributed by atoms with Crippen LogP contribution >= 0.6 is 0 Å². The summed E-state index contributed by atoms with van der Waals surface area (Å²) in [6.45, 7) is 2.61. The molecule has 2 aliphatic heterocycles. The quantitative estimate of drug-likeness (QED) is 0.588. The van der Waals surface area contributed by atoms with E-state index in [2.05, 4.69) is 14.8 Å². The minimum absolute atomic E-state index is 0.0182. The maximum Gasteiger partial charge on any atom is 0.253 e. The molecule has 2 aliphatic rings. The van der Waals surface area contributed by atoms with Crippen molar-refractivity contribution in [2.24, 2.45) is 5.73 Å². The fraction of sp³-hybridized carbons (Fsp3) is 0.407. The number of carbonyl (C=O) groups excluding carboxylic acids is 2. The first kappa shape index (κ1) is 23.1. The topological polar surface area (TPSA) is 103 Å². The minimum atomic E-state index is -0.534. The van der Waals surface area contributed by atoms with Crippen molar-refractivity contribution in [2.75, 3.05) is 13.1 Å². The maximum atomic E-state index is 13.4. The number of hydrogen-bond acceptors (Lipinski definition) is 5. The molecule has 2 amide bonds. The Balaban J connectivity index is 1.27. The third kappa shape index (κ3) is 5.06. The largest absolute Gasteiger partial charge is 0.488 e. The Morgan fingerprint density at radius 3 is 2.77 bits per heavy atom. The summed E-state index contributed by atoms with van der Waals surface area (Å²) in [5.74, 6) is 2.26. The van der Waals surface area contributed by atoms with Crippen LogP contribution in [-0.4, -0.2) is 44.6 Å². The molecular formula is C27H31N5O3. The van der Waals surface area contributed by atoms with Gasteiger partial charge in [0.25, 0.3) is 11.8 Å². The van der Waals surface area contributed by atoms with E-state index in [1.807, 2.05) is 29.2 Å². The molecule has 5 rings (SSSR count). The van der Waals surface area contributed by atoms with Gasteiger partial charge >= 0.3 is 0 Å². The molecule has 0 bridgehead atoms. The third-order valence-corrected chi connectivity index (χ3v) is 6.93. The zero-order valence-corrected chi connectivity index (χ0v) is 19.9. The highest BCUT2D eigenvalue weighted by molar-refractivity contribution is 5.95. The van der Waals surface area contributed by atoms with Crippen LogP contribution in [0.25, 0.3) is 0 Å². The Kier molecular flexibility index (Phi) is 6.79. The van der Waals surface area contributed by atoms with Crippen LogP contribution in [0, 0.1) is 0 Å². The third-order valence-electron chi connectivity index (χ3n) is 6.93. The monoisotopic (exact) mass is 473 g/mol. The van der Waals surface area contributed by atoms with E-state index in [9.17, 15) is 9.59 Å². The van der Waals surface area contributed by atoms with Gasteiger partial charge in [0.1, 0.15) is 24.0 Å². The normalized spacial score (nSPS) is 17.9. The van der Waals surface area contributed by atoms with Gasteiger partial charge in [0.15, 0.2) is 0 Å². The number of benzene rings is 2. The summed E-state index contributed by atoms with van der Waals surface area (Å²) in [5, 5.41) is 9.00. The SMILES string of the molecule is NC(=O)c1ccccc1OCc1cccc(C(=O)N2CCCC(c3nnc4n3CCCCC4)C2)c1. The van der Waals surface area contributed by atoms with E-state index in [-0.39, 0.29) is 18.4 Å². The van der Waals surface area contributed by atoms with Gasteiger partial charge in [0, 0.05) is 37.5 Å². The molecule has 182 valence electrons. The second-order valence-corrected chi connectivity index (χ2v) is 9.38. The number of rotatable bonds is 6. The Bertz CT molecular complexity index is 1220. The van der Waals surface area contributed by atoms with E-state index in [0.29, 0.717) is 23.4 Å². The van der Waals surface area contributed by atoms with Crippen molar-refractivity contribution in [2.45, 2.75) is 57.6 Å². The van der Waals surface area contributed by atoms with Gasteiger partial charge < -0.3 is 19.9 Å². The molecular weight excluding hydrogens is 442 g/mol. The van der Waals surface area contributed by atoms with Gasteiger partial charge in [-0.3, -0.25) is 9.59 Å². The molecule has 1 saturated heterocycles. The Morgan fingerprint density at radius 1 is 1.00 bits per heavy atom. The number of aromatic nitrogens is 3. The van der Waals surface area contributed by atoms with Crippen LogP contribution in [0.2, 0.25) is 0 Å². The molecule has 35 heavy (non-hydrogen) atoms. The summed E-state index contributed by atoms with van der Waals surface area (Å²) < 4.78 is 8.15. The number of nitrogens with two attached hydrogens (primary N) is 1. The number of fused-ring (bicyclic) bond motifs is 1. The van der Waals surface area contributed by atoms with Crippen LogP contribution < -0.4 is 10.5 Å². The van der Waals surface area contributed by atoms with Gasteiger partial charge in [-0.25, -0.2) is 0 Å². The second-order valence-electron chi connectivity index (χ2n) is 9.38. The smallest absolute Gasteiger partial charge is 0.253 e. The average Bonchev–Trinajstić information content (AvgIpc) is 3.15. The lowest BCUT2D eigenvalue weighted by molar-refractivity contribution is 0.0702. The fourth-order valence-corrected chi connectivity index (χ4v) is 5.12. The number of likely N-dealkylation sites (tertiary alicyclic amines) is 1. The second kappa shape index (κ2) is 10.3. The van der Waals surface area contributed by atoms with E-state index in [0.717, 1.165) is 56.0 Å². The number of carbonyl (C=O) groups is 2. The Morgan fingerprint density at radius 2 is 1.89 bits per heavy atom. The highest BCUT2D eigenvalue weighted by atomic mass is 16.5. The standard InChI is InChI=1S/C27H31N5O3/c28-25(33)22-11-3-4-12-23(22)35-18-19-8-6-9-20(16-19)27(34)31-14-7-10-21(17-31)26-30-29-24-13-2-1-5-15-32(24)26/h3-4,6,8-9,11-12,16,21H,1-2,5,7,10,13-15,17-18H2,(H2,28,33). The number of para-hydroxylation sites is 1.